The number of aromatic nitrogens is 2. The summed E-state index contributed by atoms with van der Waals surface area (Å²) >= 11 is 0. The lowest BCUT2D eigenvalue weighted by atomic mass is 10.1. The second kappa shape index (κ2) is 5.65. The summed E-state index contributed by atoms with van der Waals surface area (Å²) in [4.78, 5) is 8.35. The van der Waals surface area contributed by atoms with Gasteiger partial charge in [0.15, 0.2) is 0 Å². The smallest absolute Gasteiger partial charge is 0.318 e. The summed E-state index contributed by atoms with van der Waals surface area (Å²) in [5.41, 5.74) is 0. The molecule has 2 heterocycles. The number of rotatable bonds is 5. The minimum absolute atomic E-state index is 0.463. The molecule has 1 unspecified atom stereocenters. The Morgan fingerprint density at radius 3 is 3.31 bits per heavy atom. The third kappa shape index (κ3) is 3.06. The zero-order valence-corrected chi connectivity index (χ0v) is 9.57. The SMILES string of the molecule is CCNc1ccnc(OCC2CCNC2)n1. The minimum Gasteiger partial charge on any atom is -0.463 e. The van der Waals surface area contributed by atoms with Crippen LogP contribution in [0, 0.1) is 5.92 Å². The Kier molecular flexibility index (Phi) is 3.93. The highest BCUT2D eigenvalue weighted by Crippen LogP contribution is 2.11. The van der Waals surface area contributed by atoms with Crippen LogP contribution in [0.1, 0.15) is 13.3 Å². The van der Waals surface area contributed by atoms with Gasteiger partial charge in [0.05, 0.1) is 6.61 Å². The van der Waals surface area contributed by atoms with Crippen LogP contribution in [0.15, 0.2) is 12.3 Å². The molecule has 1 atom stereocenters. The van der Waals surface area contributed by atoms with Gasteiger partial charge in [0.2, 0.25) is 0 Å². The predicted molar refractivity (Wildman–Crippen MR) is 62.7 cm³/mol. The van der Waals surface area contributed by atoms with E-state index in [1.165, 1.54) is 6.42 Å². The Labute approximate surface area is 95.6 Å². The third-order valence-electron chi connectivity index (χ3n) is 2.60. The van der Waals surface area contributed by atoms with Crippen molar-refractivity contribution in [3.05, 3.63) is 12.3 Å². The van der Waals surface area contributed by atoms with Gasteiger partial charge in [-0.3, -0.25) is 0 Å². The molecule has 2 rings (SSSR count). The Morgan fingerprint density at radius 1 is 1.62 bits per heavy atom. The van der Waals surface area contributed by atoms with Crippen LogP contribution in [-0.2, 0) is 0 Å². The molecule has 0 amide bonds. The topological polar surface area (TPSA) is 59.1 Å². The van der Waals surface area contributed by atoms with Crippen LogP contribution in [0.4, 0.5) is 5.82 Å². The second-order valence-corrected chi connectivity index (χ2v) is 3.92. The van der Waals surface area contributed by atoms with Gasteiger partial charge in [-0.05, 0) is 26.0 Å². The second-order valence-electron chi connectivity index (χ2n) is 3.92. The molecule has 0 saturated carbocycles. The van der Waals surface area contributed by atoms with E-state index in [1.807, 2.05) is 13.0 Å². The highest BCUT2D eigenvalue weighted by molar-refractivity contribution is 5.33. The van der Waals surface area contributed by atoms with Gasteiger partial charge in [-0.25, -0.2) is 4.98 Å². The average molecular weight is 222 g/mol. The summed E-state index contributed by atoms with van der Waals surface area (Å²) in [6, 6.07) is 2.30. The van der Waals surface area contributed by atoms with Crippen molar-refractivity contribution in [1.29, 1.82) is 0 Å². The third-order valence-corrected chi connectivity index (χ3v) is 2.60. The van der Waals surface area contributed by atoms with Crippen molar-refractivity contribution in [2.75, 3.05) is 31.6 Å². The van der Waals surface area contributed by atoms with Gasteiger partial charge in [0, 0.05) is 25.2 Å². The Bertz CT molecular complexity index is 326. The fourth-order valence-corrected chi connectivity index (χ4v) is 1.74. The number of hydrogen-bond donors (Lipinski definition) is 2. The maximum absolute atomic E-state index is 5.57. The van der Waals surface area contributed by atoms with Crippen molar-refractivity contribution < 1.29 is 4.74 Å². The first-order chi connectivity index (χ1) is 7.88. The van der Waals surface area contributed by atoms with E-state index in [1.54, 1.807) is 6.20 Å². The number of hydrogen-bond acceptors (Lipinski definition) is 5. The molecule has 1 aliphatic rings. The van der Waals surface area contributed by atoms with E-state index in [9.17, 15) is 0 Å². The van der Waals surface area contributed by atoms with Gasteiger partial charge >= 0.3 is 6.01 Å². The molecule has 5 nitrogen and oxygen atoms in total. The number of nitrogens with one attached hydrogen (secondary N) is 2. The Hall–Kier alpha value is -1.36. The van der Waals surface area contributed by atoms with Crippen LogP contribution in [0.5, 0.6) is 6.01 Å². The molecule has 1 aromatic rings. The zero-order valence-electron chi connectivity index (χ0n) is 9.57. The molecule has 0 radical (unpaired) electrons. The van der Waals surface area contributed by atoms with E-state index in [2.05, 4.69) is 20.6 Å². The molecule has 0 aromatic carbocycles. The van der Waals surface area contributed by atoms with Gasteiger partial charge < -0.3 is 15.4 Å². The summed E-state index contributed by atoms with van der Waals surface area (Å²) < 4.78 is 5.57. The van der Waals surface area contributed by atoms with E-state index in [0.29, 0.717) is 18.5 Å². The summed E-state index contributed by atoms with van der Waals surface area (Å²) in [6.45, 7) is 5.71. The molecular weight excluding hydrogens is 204 g/mol. The van der Waals surface area contributed by atoms with Crippen LogP contribution in [0.3, 0.4) is 0 Å². The lowest BCUT2D eigenvalue weighted by Crippen LogP contribution is -2.16. The first kappa shape index (κ1) is 11.1. The van der Waals surface area contributed by atoms with E-state index in [-0.39, 0.29) is 0 Å². The number of ether oxygens (including phenoxy) is 1. The molecule has 1 saturated heterocycles. The van der Waals surface area contributed by atoms with Crippen LogP contribution < -0.4 is 15.4 Å². The Balaban J connectivity index is 1.85. The van der Waals surface area contributed by atoms with Gasteiger partial charge in [0.25, 0.3) is 0 Å². The van der Waals surface area contributed by atoms with Crippen LogP contribution in [0.2, 0.25) is 0 Å². The van der Waals surface area contributed by atoms with Gasteiger partial charge in [-0.15, -0.1) is 0 Å². The van der Waals surface area contributed by atoms with E-state index in [4.69, 9.17) is 4.74 Å². The van der Waals surface area contributed by atoms with Crippen molar-refractivity contribution in [2.45, 2.75) is 13.3 Å². The van der Waals surface area contributed by atoms with Crippen molar-refractivity contribution in [2.24, 2.45) is 5.92 Å². The van der Waals surface area contributed by atoms with Crippen LogP contribution in [0.25, 0.3) is 0 Å². The molecule has 2 N–H and O–H groups in total. The lowest BCUT2D eigenvalue weighted by molar-refractivity contribution is 0.241. The molecular formula is C11H18N4O. The zero-order chi connectivity index (χ0) is 11.2. The molecule has 1 aromatic heterocycles. The van der Waals surface area contributed by atoms with E-state index < -0.39 is 0 Å². The average Bonchev–Trinajstić information content (AvgIpc) is 2.80. The van der Waals surface area contributed by atoms with Crippen LogP contribution >= 0.6 is 0 Å². The van der Waals surface area contributed by atoms with E-state index >= 15 is 0 Å². The first-order valence-electron chi connectivity index (χ1n) is 5.79. The summed E-state index contributed by atoms with van der Waals surface area (Å²) in [5.74, 6) is 1.41. The number of anilines is 1. The highest BCUT2D eigenvalue weighted by Gasteiger charge is 2.15. The molecule has 1 aliphatic heterocycles. The normalized spacial score (nSPS) is 19.7. The summed E-state index contributed by atoms with van der Waals surface area (Å²) in [7, 11) is 0. The largest absolute Gasteiger partial charge is 0.463 e. The highest BCUT2D eigenvalue weighted by atomic mass is 16.5. The number of nitrogens with zero attached hydrogens (tertiary/aromatic N) is 2. The molecule has 1 fully saturated rings. The van der Waals surface area contributed by atoms with Gasteiger partial charge in [0.1, 0.15) is 5.82 Å². The Morgan fingerprint density at radius 2 is 2.56 bits per heavy atom. The van der Waals surface area contributed by atoms with Crippen molar-refractivity contribution in [1.82, 2.24) is 15.3 Å². The fourth-order valence-electron chi connectivity index (χ4n) is 1.74. The standard InChI is InChI=1S/C11H18N4O/c1-2-13-10-4-6-14-11(15-10)16-8-9-3-5-12-7-9/h4,6,9,12H,2-3,5,7-8H2,1H3,(H,13,14,15). The quantitative estimate of drug-likeness (QED) is 0.775. The first-order valence-corrected chi connectivity index (χ1v) is 5.79. The molecule has 0 bridgehead atoms. The van der Waals surface area contributed by atoms with Gasteiger partial charge in [-0.1, -0.05) is 0 Å². The molecule has 0 spiro atoms. The fraction of sp³-hybridized carbons (Fsp3) is 0.636. The predicted octanol–water partition coefficient (Wildman–Crippen LogP) is 0.897. The maximum atomic E-state index is 5.57. The summed E-state index contributed by atoms with van der Waals surface area (Å²) in [6.07, 6.45) is 2.89. The van der Waals surface area contributed by atoms with Crippen molar-refractivity contribution in [3.63, 3.8) is 0 Å². The monoisotopic (exact) mass is 222 g/mol. The summed E-state index contributed by atoms with van der Waals surface area (Å²) in [5, 5.41) is 6.44. The minimum atomic E-state index is 0.463. The van der Waals surface area contributed by atoms with Crippen molar-refractivity contribution >= 4 is 5.82 Å². The van der Waals surface area contributed by atoms with Crippen LogP contribution in [-0.4, -0.2) is 36.2 Å². The molecule has 5 heteroatoms. The van der Waals surface area contributed by atoms with E-state index in [0.717, 1.165) is 25.5 Å². The molecule has 0 aliphatic carbocycles. The molecule has 16 heavy (non-hydrogen) atoms. The maximum Gasteiger partial charge on any atom is 0.318 e. The van der Waals surface area contributed by atoms with Crippen molar-refractivity contribution in [3.8, 4) is 6.01 Å². The lowest BCUT2D eigenvalue weighted by Gasteiger charge is -2.09. The van der Waals surface area contributed by atoms with Gasteiger partial charge in [-0.2, -0.15) is 4.98 Å². The molecule has 88 valence electrons.